The van der Waals surface area contributed by atoms with Crippen LogP contribution in [-0.4, -0.2) is 29.2 Å². The molecular weight excluding hydrogens is 344 g/mol. The van der Waals surface area contributed by atoms with Crippen molar-refractivity contribution in [3.63, 3.8) is 0 Å². The monoisotopic (exact) mass is 367 g/mol. The fraction of sp³-hybridized carbons (Fsp3) is 0.273. The van der Waals surface area contributed by atoms with Crippen LogP contribution < -0.4 is 5.32 Å². The van der Waals surface area contributed by atoms with Crippen molar-refractivity contribution in [2.75, 3.05) is 13.2 Å². The van der Waals surface area contributed by atoms with E-state index in [2.05, 4.69) is 15.3 Å². The number of aryl methyl sites for hydroxylation is 1. The van der Waals surface area contributed by atoms with Crippen molar-refractivity contribution in [2.45, 2.75) is 25.3 Å². The molecule has 140 valence electrons. The fourth-order valence-electron chi connectivity index (χ4n) is 3.00. The number of aromatic nitrogens is 2. The second kappa shape index (κ2) is 9.88. The maximum Gasteiger partial charge on any atom is 0.123 e. The summed E-state index contributed by atoms with van der Waals surface area (Å²) in [7, 11) is 0. The molecule has 0 bridgehead atoms. The van der Waals surface area contributed by atoms with Crippen molar-refractivity contribution < 1.29 is 8.78 Å². The van der Waals surface area contributed by atoms with Gasteiger partial charge in [-0.15, -0.1) is 0 Å². The first-order valence-corrected chi connectivity index (χ1v) is 9.12. The minimum absolute atomic E-state index is 0.205. The smallest absolute Gasteiger partial charge is 0.123 e. The van der Waals surface area contributed by atoms with Crippen molar-refractivity contribution in [3.8, 4) is 11.1 Å². The number of hydrogen-bond acceptors (Lipinski definition) is 3. The van der Waals surface area contributed by atoms with E-state index in [9.17, 15) is 8.78 Å². The zero-order valence-electron chi connectivity index (χ0n) is 15.1. The van der Waals surface area contributed by atoms with Crippen LogP contribution in [0.25, 0.3) is 11.1 Å². The predicted molar refractivity (Wildman–Crippen MR) is 104 cm³/mol. The van der Waals surface area contributed by atoms with E-state index in [-0.39, 0.29) is 11.9 Å². The lowest BCUT2D eigenvalue weighted by atomic mass is 10.0. The summed E-state index contributed by atoms with van der Waals surface area (Å²) in [5.41, 5.74) is 4.19. The van der Waals surface area contributed by atoms with Gasteiger partial charge in [-0.05, 0) is 54.6 Å². The van der Waals surface area contributed by atoms with E-state index < -0.39 is 6.67 Å². The Morgan fingerprint density at radius 1 is 0.852 bits per heavy atom. The zero-order chi connectivity index (χ0) is 18.9. The third kappa shape index (κ3) is 5.93. The Kier molecular flexibility index (Phi) is 6.99. The Hall–Kier alpha value is -2.66. The normalized spacial score (nSPS) is 12.1. The van der Waals surface area contributed by atoms with E-state index in [0.717, 1.165) is 41.6 Å². The van der Waals surface area contributed by atoms with E-state index in [4.69, 9.17) is 0 Å². The summed E-state index contributed by atoms with van der Waals surface area (Å²) in [6.45, 7) is 0.316. The summed E-state index contributed by atoms with van der Waals surface area (Å²) in [5.74, 6) is -0.222. The van der Waals surface area contributed by atoms with Gasteiger partial charge in [0.05, 0.1) is 0 Å². The van der Waals surface area contributed by atoms with Gasteiger partial charge in [-0.2, -0.15) is 0 Å². The summed E-state index contributed by atoms with van der Waals surface area (Å²) in [6.07, 6.45) is 7.42. The molecule has 0 spiro atoms. The van der Waals surface area contributed by atoms with Gasteiger partial charge in [-0.1, -0.05) is 36.4 Å². The first-order chi connectivity index (χ1) is 13.2. The highest BCUT2D eigenvalue weighted by Crippen LogP contribution is 2.18. The molecule has 3 nitrogen and oxygen atoms in total. The molecule has 1 N–H and O–H groups in total. The molecule has 0 saturated carbocycles. The lowest BCUT2D eigenvalue weighted by molar-refractivity contribution is 0.371. The van der Waals surface area contributed by atoms with E-state index in [1.165, 1.54) is 18.5 Å². The van der Waals surface area contributed by atoms with Gasteiger partial charge in [0.1, 0.15) is 18.8 Å². The topological polar surface area (TPSA) is 37.8 Å². The third-order valence-corrected chi connectivity index (χ3v) is 4.50. The second-order valence-corrected chi connectivity index (χ2v) is 6.56. The first kappa shape index (κ1) is 19.1. The fourth-order valence-corrected chi connectivity index (χ4v) is 3.00. The molecule has 0 aliphatic carbocycles. The van der Waals surface area contributed by atoms with Crippen molar-refractivity contribution >= 4 is 0 Å². The molecule has 0 aliphatic heterocycles. The molecule has 1 aromatic heterocycles. The summed E-state index contributed by atoms with van der Waals surface area (Å²) in [5, 5.41) is 3.28. The molecule has 1 heterocycles. The van der Waals surface area contributed by atoms with Gasteiger partial charge in [-0.3, -0.25) is 0 Å². The molecule has 5 heteroatoms. The van der Waals surface area contributed by atoms with Gasteiger partial charge in [0.2, 0.25) is 0 Å². The predicted octanol–water partition coefficient (Wildman–Crippen LogP) is 4.39. The SMILES string of the molecule is FCC(Cc1ccc(-c2cncnc2)cc1)NCCCc1ccc(F)cc1. The standard InChI is InChI=1S/C22H23F2N3/c23-13-22(27-11-1-2-17-5-9-21(24)10-6-17)12-18-3-7-19(8-4-18)20-14-25-16-26-15-20/h3-10,14-16,22,27H,1-2,11-13H2. The zero-order valence-corrected chi connectivity index (χ0v) is 15.1. The van der Waals surface area contributed by atoms with Crippen LogP contribution in [0.5, 0.6) is 0 Å². The summed E-state index contributed by atoms with van der Waals surface area (Å²) in [6, 6.07) is 14.4. The highest BCUT2D eigenvalue weighted by molar-refractivity contribution is 5.61. The Balaban J connectivity index is 1.46. The van der Waals surface area contributed by atoms with Gasteiger partial charge in [0, 0.05) is 24.0 Å². The molecule has 27 heavy (non-hydrogen) atoms. The molecule has 0 amide bonds. The summed E-state index contributed by atoms with van der Waals surface area (Å²) < 4.78 is 26.3. The van der Waals surface area contributed by atoms with E-state index in [0.29, 0.717) is 6.42 Å². The van der Waals surface area contributed by atoms with Crippen LogP contribution in [0.15, 0.2) is 67.3 Å². The van der Waals surface area contributed by atoms with Gasteiger partial charge in [-0.25, -0.2) is 18.7 Å². The number of nitrogens with one attached hydrogen (secondary N) is 1. The highest BCUT2D eigenvalue weighted by atomic mass is 19.1. The molecule has 3 aromatic rings. The van der Waals surface area contributed by atoms with Crippen LogP contribution in [0.2, 0.25) is 0 Å². The summed E-state index contributed by atoms with van der Waals surface area (Å²) in [4.78, 5) is 8.05. The Morgan fingerprint density at radius 2 is 1.52 bits per heavy atom. The minimum atomic E-state index is -0.412. The molecular formula is C22H23F2N3. The lowest BCUT2D eigenvalue weighted by Gasteiger charge is -2.16. The first-order valence-electron chi connectivity index (χ1n) is 9.12. The average molecular weight is 367 g/mol. The van der Waals surface area contributed by atoms with Crippen LogP contribution in [0, 0.1) is 5.82 Å². The number of rotatable bonds is 9. The Morgan fingerprint density at radius 3 is 2.19 bits per heavy atom. The number of benzene rings is 2. The van der Waals surface area contributed by atoms with Crippen molar-refractivity contribution in [2.24, 2.45) is 0 Å². The molecule has 0 radical (unpaired) electrons. The molecule has 0 saturated heterocycles. The van der Waals surface area contributed by atoms with Crippen LogP contribution in [0.3, 0.4) is 0 Å². The Bertz CT molecular complexity index is 805. The Labute approximate surface area is 158 Å². The summed E-state index contributed by atoms with van der Waals surface area (Å²) >= 11 is 0. The van der Waals surface area contributed by atoms with Crippen molar-refractivity contribution in [1.29, 1.82) is 0 Å². The van der Waals surface area contributed by atoms with Crippen LogP contribution >= 0.6 is 0 Å². The molecule has 3 rings (SSSR count). The number of alkyl halides is 1. The maximum atomic E-state index is 13.4. The average Bonchev–Trinajstić information content (AvgIpc) is 2.72. The largest absolute Gasteiger partial charge is 0.311 e. The molecule has 1 unspecified atom stereocenters. The van der Waals surface area contributed by atoms with Crippen molar-refractivity contribution in [1.82, 2.24) is 15.3 Å². The molecule has 0 aliphatic rings. The van der Waals surface area contributed by atoms with E-state index >= 15 is 0 Å². The highest BCUT2D eigenvalue weighted by Gasteiger charge is 2.09. The van der Waals surface area contributed by atoms with Crippen LogP contribution in [0.1, 0.15) is 17.5 Å². The van der Waals surface area contributed by atoms with Crippen LogP contribution in [0.4, 0.5) is 8.78 Å². The van der Waals surface area contributed by atoms with Gasteiger partial charge in [0.15, 0.2) is 0 Å². The van der Waals surface area contributed by atoms with Gasteiger partial charge < -0.3 is 5.32 Å². The van der Waals surface area contributed by atoms with Gasteiger partial charge >= 0.3 is 0 Å². The maximum absolute atomic E-state index is 13.4. The molecule has 0 fully saturated rings. The van der Waals surface area contributed by atoms with Crippen LogP contribution in [-0.2, 0) is 12.8 Å². The number of halogens is 2. The molecule has 1 atom stereocenters. The van der Waals surface area contributed by atoms with Crippen molar-refractivity contribution in [3.05, 3.63) is 84.2 Å². The van der Waals surface area contributed by atoms with E-state index in [1.807, 2.05) is 24.3 Å². The lowest BCUT2D eigenvalue weighted by Crippen LogP contribution is -2.34. The second-order valence-electron chi connectivity index (χ2n) is 6.56. The quantitative estimate of drug-likeness (QED) is 0.570. The minimum Gasteiger partial charge on any atom is -0.311 e. The third-order valence-electron chi connectivity index (χ3n) is 4.50. The van der Waals surface area contributed by atoms with Gasteiger partial charge in [0.25, 0.3) is 0 Å². The number of nitrogens with zero attached hydrogens (tertiary/aromatic N) is 2. The molecule has 2 aromatic carbocycles. The van der Waals surface area contributed by atoms with E-state index in [1.54, 1.807) is 24.5 Å². The number of hydrogen-bond donors (Lipinski definition) is 1.